The monoisotopic (exact) mass is 457 g/mol. The maximum Gasteiger partial charge on any atom is 0.328 e. The van der Waals surface area contributed by atoms with Crippen LogP contribution in [0.1, 0.15) is 12.0 Å². The summed E-state index contributed by atoms with van der Waals surface area (Å²) in [5.74, 6) is -2.78. The molecule has 0 bridgehead atoms. The molecule has 2 unspecified atom stereocenters. The van der Waals surface area contributed by atoms with Gasteiger partial charge in [0.1, 0.15) is 12.4 Å². The Bertz CT molecular complexity index is 808. The average molecular weight is 458 g/mol. The number of carbonyl (C=O) groups excluding carboxylic acids is 1. The number of rotatable bonds is 10. The van der Waals surface area contributed by atoms with E-state index < -0.39 is 30.4 Å². The van der Waals surface area contributed by atoms with E-state index >= 15 is 0 Å². The Kier molecular flexibility index (Phi) is 9.63. The van der Waals surface area contributed by atoms with Crippen molar-refractivity contribution in [1.29, 1.82) is 0 Å². The SMILES string of the molecule is NC(CSSC1CCN(Cc2ccccc2F)C/C1=C/C(=O)O)C(=O)NCC(=O)O. The fourth-order valence-electron chi connectivity index (χ4n) is 2.90. The molecule has 0 spiro atoms. The third-order valence-corrected chi connectivity index (χ3v) is 7.29. The molecular weight excluding hydrogens is 433 g/mol. The highest BCUT2D eigenvalue weighted by atomic mass is 33.1. The maximum absolute atomic E-state index is 13.9. The Balaban J connectivity index is 1.89. The first-order valence-corrected chi connectivity index (χ1v) is 11.6. The standard InChI is InChI=1S/C19H24FN3O5S2/c20-14-4-2-1-3-12(14)9-23-6-5-16(13(10-23)7-17(24)25)30-29-11-15(21)19(28)22-8-18(26)27/h1-4,7,15-16H,5-6,8-11,21H2,(H,22,28)(H,24,25)(H,26,27)/b13-7-. The van der Waals surface area contributed by atoms with Gasteiger partial charge in [-0.3, -0.25) is 14.5 Å². The molecule has 0 saturated carbocycles. The van der Waals surface area contributed by atoms with Crippen LogP contribution >= 0.6 is 21.6 Å². The Labute approximate surface area is 181 Å². The molecule has 1 aromatic rings. The van der Waals surface area contributed by atoms with Gasteiger partial charge in [-0.25, -0.2) is 9.18 Å². The number of hydrogen-bond donors (Lipinski definition) is 4. The summed E-state index contributed by atoms with van der Waals surface area (Å²) in [6.07, 6.45) is 1.86. The second-order valence-electron chi connectivity index (χ2n) is 6.74. The van der Waals surface area contributed by atoms with Crippen LogP contribution in [0.4, 0.5) is 4.39 Å². The molecule has 1 amide bonds. The van der Waals surface area contributed by atoms with Gasteiger partial charge in [0.2, 0.25) is 5.91 Å². The van der Waals surface area contributed by atoms with Crippen molar-refractivity contribution in [2.24, 2.45) is 5.73 Å². The third-order valence-electron chi connectivity index (χ3n) is 4.37. The maximum atomic E-state index is 13.9. The molecule has 11 heteroatoms. The van der Waals surface area contributed by atoms with Crippen LogP contribution in [-0.2, 0) is 20.9 Å². The zero-order valence-corrected chi connectivity index (χ0v) is 17.8. The first-order valence-electron chi connectivity index (χ1n) is 9.18. The summed E-state index contributed by atoms with van der Waals surface area (Å²) in [6.45, 7) is 0.984. The molecule has 1 heterocycles. The minimum absolute atomic E-state index is 0.0720. The lowest BCUT2D eigenvalue weighted by Crippen LogP contribution is -2.44. The van der Waals surface area contributed by atoms with Gasteiger partial charge >= 0.3 is 11.9 Å². The normalized spacial score (nSPS) is 19.4. The van der Waals surface area contributed by atoms with E-state index in [9.17, 15) is 23.9 Å². The Hall–Kier alpha value is -2.08. The Morgan fingerprint density at radius 3 is 2.73 bits per heavy atom. The van der Waals surface area contributed by atoms with Crippen molar-refractivity contribution in [3.05, 3.63) is 47.3 Å². The number of carbonyl (C=O) groups is 3. The first kappa shape index (κ1) is 24.2. The van der Waals surface area contributed by atoms with Gasteiger partial charge in [-0.15, -0.1) is 0 Å². The van der Waals surface area contributed by atoms with Crippen molar-refractivity contribution in [2.75, 3.05) is 25.4 Å². The average Bonchev–Trinajstić information content (AvgIpc) is 2.68. The molecule has 1 aromatic carbocycles. The summed E-state index contributed by atoms with van der Waals surface area (Å²) in [4.78, 5) is 35.5. The zero-order valence-electron chi connectivity index (χ0n) is 16.1. The van der Waals surface area contributed by atoms with Gasteiger partial charge in [-0.05, 0) is 18.1 Å². The first-order chi connectivity index (χ1) is 14.3. The van der Waals surface area contributed by atoms with Crippen LogP contribution in [0, 0.1) is 5.82 Å². The number of halogens is 1. The van der Waals surface area contributed by atoms with Gasteiger partial charge in [-0.2, -0.15) is 0 Å². The number of benzene rings is 1. The number of likely N-dealkylation sites (tertiary alicyclic amines) is 1. The molecule has 1 fully saturated rings. The number of nitrogens with two attached hydrogens (primary N) is 1. The minimum atomic E-state index is -1.15. The van der Waals surface area contributed by atoms with E-state index in [4.69, 9.17) is 10.8 Å². The highest BCUT2D eigenvalue weighted by Crippen LogP contribution is 2.36. The molecule has 0 aliphatic carbocycles. The molecule has 0 radical (unpaired) electrons. The number of carboxylic acid groups (broad SMARTS) is 2. The number of amides is 1. The summed E-state index contributed by atoms with van der Waals surface area (Å²) >= 11 is 0. The molecular formula is C19H24FN3O5S2. The van der Waals surface area contributed by atoms with E-state index in [0.717, 1.165) is 0 Å². The summed E-state index contributed by atoms with van der Waals surface area (Å²) in [5.41, 5.74) is 7.04. The van der Waals surface area contributed by atoms with Crippen molar-refractivity contribution < 1.29 is 29.0 Å². The van der Waals surface area contributed by atoms with Crippen molar-refractivity contribution in [3.63, 3.8) is 0 Å². The second kappa shape index (κ2) is 11.9. The van der Waals surface area contributed by atoms with E-state index in [1.165, 1.54) is 33.7 Å². The van der Waals surface area contributed by atoms with Crippen LogP contribution in [0.25, 0.3) is 0 Å². The quantitative estimate of drug-likeness (QED) is 0.303. The molecule has 30 heavy (non-hydrogen) atoms. The second-order valence-corrected chi connectivity index (χ2v) is 9.35. The predicted molar refractivity (Wildman–Crippen MR) is 114 cm³/mol. The number of hydrogen-bond acceptors (Lipinski definition) is 7. The molecule has 8 nitrogen and oxygen atoms in total. The largest absolute Gasteiger partial charge is 0.480 e. The minimum Gasteiger partial charge on any atom is -0.480 e. The number of nitrogens with one attached hydrogen (secondary N) is 1. The number of aliphatic carboxylic acids is 2. The van der Waals surface area contributed by atoms with E-state index in [2.05, 4.69) is 5.32 Å². The summed E-state index contributed by atoms with van der Waals surface area (Å²) in [6, 6.07) is 5.64. The molecule has 164 valence electrons. The predicted octanol–water partition coefficient (Wildman–Crippen LogP) is 1.32. The van der Waals surface area contributed by atoms with Gasteiger partial charge in [0, 0.05) is 42.3 Å². The van der Waals surface area contributed by atoms with Gasteiger partial charge in [-0.1, -0.05) is 39.8 Å². The van der Waals surface area contributed by atoms with Gasteiger partial charge in [0.05, 0.1) is 6.04 Å². The van der Waals surface area contributed by atoms with Gasteiger partial charge < -0.3 is 21.3 Å². The zero-order chi connectivity index (χ0) is 22.1. The molecule has 2 atom stereocenters. The molecule has 5 N–H and O–H groups in total. The summed E-state index contributed by atoms with van der Waals surface area (Å²) in [5, 5.41) is 19.9. The van der Waals surface area contributed by atoms with E-state index in [-0.39, 0.29) is 16.8 Å². The summed E-state index contributed by atoms with van der Waals surface area (Å²) in [7, 11) is 2.78. The molecule has 2 rings (SSSR count). The van der Waals surface area contributed by atoms with E-state index in [1.807, 2.05) is 4.90 Å². The van der Waals surface area contributed by atoms with Crippen molar-refractivity contribution in [2.45, 2.75) is 24.3 Å². The van der Waals surface area contributed by atoms with Gasteiger partial charge in [0.25, 0.3) is 0 Å². The fourth-order valence-corrected chi connectivity index (χ4v) is 5.73. The van der Waals surface area contributed by atoms with Gasteiger partial charge in [0.15, 0.2) is 0 Å². The summed E-state index contributed by atoms with van der Waals surface area (Å²) < 4.78 is 13.9. The fraction of sp³-hybridized carbons (Fsp3) is 0.421. The van der Waals surface area contributed by atoms with Crippen LogP contribution in [0.15, 0.2) is 35.9 Å². The number of carboxylic acids is 2. The van der Waals surface area contributed by atoms with Crippen molar-refractivity contribution in [3.8, 4) is 0 Å². The van der Waals surface area contributed by atoms with E-state index in [1.54, 1.807) is 18.2 Å². The highest BCUT2D eigenvalue weighted by molar-refractivity contribution is 8.77. The smallest absolute Gasteiger partial charge is 0.328 e. The topological polar surface area (TPSA) is 133 Å². The van der Waals surface area contributed by atoms with Crippen LogP contribution in [0.3, 0.4) is 0 Å². The van der Waals surface area contributed by atoms with Crippen LogP contribution in [0.5, 0.6) is 0 Å². The lowest BCUT2D eigenvalue weighted by atomic mass is 10.0. The van der Waals surface area contributed by atoms with Crippen LogP contribution < -0.4 is 11.1 Å². The molecule has 0 aromatic heterocycles. The lowest BCUT2D eigenvalue weighted by Gasteiger charge is -2.33. The van der Waals surface area contributed by atoms with Crippen molar-refractivity contribution in [1.82, 2.24) is 10.2 Å². The van der Waals surface area contributed by atoms with Crippen molar-refractivity contribution >= 4 is 39.4 Å². The van der Waals surface area contributed by atoms with E-state index in [0.29, 0.717) is 37.2 Å². The molecule has 1 aliphatic heterocycles. The number of piperidine rings is 1. The number of nitrogens with zero attached hydrogens (tertiary/aromatic N) is 1. The molecule has 1 aliphatic rings. The molecule has 1 saturated heterocycles. The third kappa shape index (κ3) is 7.98. The Morgan fingerprint density at radius 2 is 2.07 bits per heavy atom. The van der Waals surface area contributed by atoms with Crippen LogP contribution in [0.2, 0.25) is 0 Å². The highest BCUT2D eigenvalue weighted by Gasteiger charge is 2.26. The van der Waals surface area contributed by atoms with Crippen LogP contribution in [-0.4, -0.2) is 69.6 Å². The Morgan fingerprint density at radius 1 is 1.33 bits per heavy atom. The lowest BCUT2D eigenvalue weighted by molar-refractivity contribution is -0.138.